The van der Waals surface area contributed by atoms with Crippen molar-refractivity contribution in [2.24, 2.45) is 21.9 Å². The largest absolute Gasteiger partial charge is 0.480 e. The predicted octanol–water partition coefficient (Wildman–Crippen LogP) is 3.69. The molecule has 2 aromatic rings. The maximum absolute atomic E-state index is 10.8. The zero-order valence-corrected chi connectivity index (χ0v) is 18.9. The van der Waals surface area contributed by atoms with E-state index in [-0.39, 0.29) is 6.61 Å². The average Bonchev–Trinajstić information content (AvgIpc) is 2.82. The second-order valence-corrected chi connectivity index (χ2v) is 8.92. The van der Waals surface area contributed by atoms with Gasteiger partial charge in [-0.25, -0.2) is 14.8 Å². The maximum Gasteiger partial charge on any atom is 0.329 e. The number of aliphatic carboxylic acids is 1. The highest BCUT2D eigenvalue weighted by Gasteiger charge is 2.29. The topological polar surface area (TPSA) is 94.7 Å². The number of aliphatic hydroxyl groups is 1. The van der Waals surface area contributed by atoms with Gasteiger partial charge in [-0.15, -0.1) is 0 Å². The smallest absolute Gasteiger partial charge is 0.329 e. The van der Waals surface area contributed by atoms with Gasteiger partial charge in [-0.2, -0.15) is 5.10 Å². The van der Waals surface area contributed by atoms with E-state index in [0.717, 1.165) is 42.5 Å². The van der Waals surface area contributed by atoms with E-state index in [1.54, 1.807) is 5.01 Å². The van der Waals surface area contributed by atoms with Gasteiger partial charge in [0.05, 0.1) is 12.3 Å². The number of aryl methyl sites for hydroxylation is 1. The molecule has 0 spiro atoms. The van der Waals surface area contributed by atoms with Crippen LogP contribution in [-0.2, 0) is 9.53 Å². The van der Waals surface area contributed by atoms with Crippen LogP contribution in [0.4, 0.5) is 0 Å². The first kappa shape index (κ1) is 23.1. The molecular weight excluding hydrogens is 418 g/mol. The number of hydrogen-bond acceptors (Lipinski definition) is 6. The summed E-state index contributed by atoms with van der Waals surface area (Å²) in [6.07, 6.45) is 2.94. The molecular formula is C26H31N3O4. The minimum atomic E-state index is -1.02. The molecule has 0 radical (unpaired) electrons. The van der Waals surface area contributed by atoms with Crippen LogP contribution < -0.4 is 0 Å². The molecule has 2 aliphatic rings. The molecule has 0 saturated heterocycles. The average molecular weight is 450 g/mol. The van der Waals surface area contributed by atoms with Crippen LogP contribution in [0.5, 0.6) is 0 Å². The van der Waals surface area contributed by atoms with Crippen LogP contribution in [0.25, 0.3) is 0 Å². The Labute approximate surface area is 194 Å². The molecule has 2 aromatic carbocycles. The number of benzene rings is 2. The Kier molecular flexibility index (Phi) is 7.52. The minimum Gasteiger partial charge on any atom is -0.480 e. The summed E-state index contributed by atoms with van der Waals surface area (Å²) in [6.45, 7) is 2.94. The van der Waals surface area contributed by atoms with E-state index in [4.69, 9.17) is 14.9 Å². The molecule has 1 fully saturated rings. The second kappa shape index (κ2) is 10.7. The van der Waals surface area contributed by atoms with Gasteiger partial charge in [0.25, 0.3) is 0 Å². The first-order chi connectivity index (χ1) is 16.0. The van der Waals surface area contributed by atoms with Gasteiger partial charge >= 0.3 is 5.97 Å². The summed E-state index contributed by atoms with van der Waals surface area (Å²) in [6, 6.07) is 18.1. The van der Waals surface area contributed by atoms with E-state index in [0.29, 0.717) is 30.7 Å². The normalized spacial score (nSPS) is 23.1. The lowest BCUT2D eigenvalue weighted by Crippen LogP contribution is -2.41. The Hall–Kier alpha value is -3.03. The van der Waals surface area contributed by atoms with Crippen molar-refractivity contribution in [1.29, 1.82) is 0 Å². The van der Waals surface area contributed by atoms with Crippen LogP contribution >= 0.6 is 0 Å². The third-order valence-electron chi connectivity index (χ3n) is 6.33. The second-order valence-electron chi connectivity index (χ2n) is 8.92. The fraction of sp³-hybridized carbons (Fsp3) is 0.423. The molecule has 1 aliphatic carbocycles. The Morgan fingerprint density at radius 2 is 1.61 bits per heavy atom. The summed E-state index contributed by atoms with van der Waals surface area (Å²) in [7, 11) is 0. The molecule has 0 bridgehead atoms. The Bertz CT molecular complexity index is 996. The van der Waals surface area contributed by atoms with Crippen molar-refractivity contribution in [3.05, 3.63) is 71.3 Å². The summed E-state index contributed by atoms with van der Waals surface area (Å²) >= 11 is 0. The number of carbonyl (C=O) groups is 1. The van der Waals surface area contributed by atoms with Crippen LogP contribution in [0, 0.1) is 18.8 Å². The minimum absolute atomic E-state index is 0.238. The third-order valence-corrected chi connectivity index (χ3v) is 6.33. The molecule has 1 aliphatic heterocycles. The van der Waals surface area contributed by atoms with E-state index in [2.05, 4.69) is 24.0 Å². The number of carboxylic acid groups (broad SMARTS) is 1. The van der Waals surface area contributed by atoms with Crippen molar-refractivity contribution in [3.63, 3.8) is 0 Å². The van der Waals surface area contributed by atoms with Gasteiger partial charge < -0.3 is 14.9 Å². The number of ether oxygens (including phenoxy) is 1. The van der Waals surface area contributed by atoms with Crippen molar-refractivity contribution in [2.75, 3.05) is 19.8 Å². The Balaban J connectivity index is 1.46. The Morgan fingerprint density at radius 3 is 2.27 bits per heavy atom. The van der Waals surface area contributed by atoms with Gasteiger partial charge in [-0.1, -0.05) is 60.2 Å². The number of nitrogens with zero attached hydrogens (tertiary/aromatic N) is 3. The van der Waals surface area contributed by atoms with Crippen LogP contribution in [-0.4, -0.2) is 58.7 Å². The van der Waals surface area contributed by atoms with Crippen molar-refractivity contribution in [3.8, 4) is 0 Å². The van der Waals surface area contributed by atoms with E-state index < -0.39 is 12.3 Å². The number of aliphatic imine (C=N–C) groups is 1. The molecule has 2 N–H and O–H groups in total. The van der Waals surface area contributed by atoms with Gasteiger partial charge in [0.1, 0.15) is 12.3 Å². The molecule has 1 atom stereocenters. The lowest BCUT2D eigenvalue weighted by Gasteiger charge is -2.34. The summed E-state index contributed by atoms with van der Waals surface area (Å²) in [4.78, 5) is 15.3. The molecule has 174 valence electrons. The predicted molar refractivity (Wildman–Crippen MR) is 127 cm³/mol. The lowest BCUT2D eigenvalue weighted by atomic mass is 9.82. The van der Waals surface area contributed by atoms with Crippen LogP contribution in [0.2, 0.25) is 0 Å². The number of hydrogen-bond donors (Lipinski definition) is 2. The van der Waals surface area contributed by atoms with E-state index >= 15 is 0 Å². The van der Waals surface area contributed by atoms with E-state index in [1.807, 2.05) is 42.5 Å². The fourth-order valence-electron chi connectivity index (χ4n) is 4.48. The highest BCUT2D eigenvalue weighted by Crippen LogP contribution is 2.31. The monoisotopic (exact) mass is 449 g/mol. The van der Waals surface area contributed by atoms with Crippen molar-refractivity contribution in [2.45, 2.75) is 39.0 Å². The van der Waals surface area contributed by atoms with Crippen LogP contribution in [0.3, 0.4) is 0 Å². The molecule has 1 heterocycles. The number of aliphatic hydroxyl groups excluding tert-OH is 1. The first-order valence-corrected chi connectivity index (χ1v) is 11.5. The van der Waals surface area contributed by atoms with E-state index in [1.165, 1.54) is 5.56 Å². The summed E-state index contributed by atoms with van der Waals surface area (Å²) in [5.41, 5.74) is 4.54. The van der Waals surface area contributed by atoms with Crippen LogP contribution in [0.15, 0.2) is 64.7 Å². The number of hydrazone groups is 1. The molecule has 7 nitrogen and oxygen atoms in total. The highest BCUT2D eigenvalue weighted by molar-refractivity contribution is 6.53. The van der Waals surface area contributed by atoms with Crippen molar-refractivity contribution >= 4 is 17.4 Å². The molecule has 0 aromatic heterocycles. The quantitative estimate of drug-likeness (QED) is 0.641. The maximum atomic E-state index is 10.8. The Morgan fingerprint density at radius 1 is 0.970 bits per heavy atom. The summed E-state index contributed by atoms with van der Waals surface area (Å²) in [5.74, 6) is -0.145. The first-order valence-electron chi connectivity index (χ1n) is 11.5. The lowest BCUT2D eigenvalue weighted by molar-refractivity contribution is -0.142. The van der Waals surface area contributed by atoms with Gasteiger partial charge in [0, 0.05) is 17.7 Å². The zero-order valence-electron chi connectivity index (χ0n) is 18.9. The van der Waals surface area contributed by atoms with Gasteiger partial charge in [-0.3, -0.25) is 0 Å². The van der Waals surface area contributed by atoms with Crippen LogP contribution in [0.1, 0.15) is 42.4 Å². The highest BCUT2D eigenvalue weighted by atomic mass is 16.5. The molecule has 0 amide bonds. The summed E-state index contributed by atoms with van der Waals surface area (Å²) in [5, 5.41) is 26.1. The van der Waals surface area contributed by atoms with E-state index in [9.17, 15) is 9.90 Å². The van der Waals surface area contributed by atoms with Crippen molar-refractivity contribution in [1.82, 2.24) is 5.01 Å². The van der Waals surface area contributed by atoms with Gasteiger partial charge in [-0.05, 0) is 44.4 Å². The number of carboxylic acids is 1. The zero-order chi connectivity index (χ0) is 23.2. The summed E-state index contributed by atoms with van der Waals surface area (Å²) < 4.78 is 5.27. The molecule has 33 heavy (non-hydrogen) atoms. The fourth-order valence-corrected chi connectivity index (χ4v) is 4.48. The van der Waals surface area contributed by atoms with Gasteiger partial charge in [0.2, 0.25) is 6.35 Å². The molecule has 1 saturated carbocycles. The molecule has 4 rings (SSSR count). The standard InChI is InChI=1S/C26H31N3O4/c1-18-7-13-22(14-8-18)25-24(21-5-3-2-4-6-21)27-26(32)29(28-25)15-19-9-11-20(12-10-19)16-33-17-23(30)31/h2-8,13-14,19-20,26,32H,9-12,15-17H2,1H3,(H,30,31). The molecule has 7 heteroatoms. The molecule has 1 unspecified atom stereocenters. The number of rotatable bonds is 8. The van der Waals surface area contributed by atoms with Gasteiger partial charge in [0.15, 0.2) is 0 Å². The third kappa shape index (κ3) is 6.06. The SMILES string of the molecule is Cc1ccc(C2=NN(CC3CCC(COCC(=O)O)CC3)C(O)N=C2c2ccccc2)cc1. The van der Waals surface area contributed by atoms with Crippen molar-refractivity contribution < 1.29 is 19.7 Å².